The second-order valence-corrected chi connectivity index (χ2v) is 9.57. The van der Waals surface area contributed by atoms with Crippen molar-refractivity contribution in [1.29, 1.82) is 0 Å². The molecule has 1 N–H and O–H groups in total. The van der Waals surface area contributed by atoms with Crippen molar-refractivity contribution in [1.82, 2.24) is 5.32 Å². The molecule has 1 unspecified atom stereocenters. The fraction of sp³-hybridized carbons (Fsp3) is 0.571. The summed E-state index contributed by atoms with van der Waals surface area (Å²) < 4.78 is 23.9. The number of hydrogen-bond acceptors (Lipinski definition) is 4. The third-order valence-corrected chi connectivity index (χ3v) is 6.65. The van der Waals surface area contributed by atoms with E-state index in [2.05, 4.69) is 12.2 Å². The van der Waals surface area contributed by atoms with Gasteiger partial charge in [0.15, 0.2) is 9.84 Å². The number of benzene rings is 1. The maximum Gasteiger partial charge on any atom is 0.175 e. The van der Waals surface area contributed by atoms with Gasteiger partial charge in [-0.1, -0.05) is 17.7 Å². The topological polar surface area (TPSA) is 46.2 Å². The largest absolute Gasteiger partial charge is 0.311 e. The number of halogens is 1. The van der Waals surface area contributed by atoms with Crippen molar-refractivity contribution in [2.24, 2.45) is 0 Å². The lowest BCUT2D eigenvalue weighted by Crippen LogP contribution is -2.32. The van der Waals surface area contributed by atoms with Gasteiger partial charge in [-0.05, 0) is 37.7 Å². The zero-order chi connectivity index (χ0) is 14.8. The molecular weight excluding hydrogens is 314 g/mol. The Labute approximate surface area is 130 Å². The Morgan fingerprint density at radius 3 is 2.80 bits per heavy atom. The Hall–Kier alpha value is -0.230. The van der Waals surface area contributed by atoms with Gasteiger partial charge in [-0.3, -0.25) is 0 Å². The van der Waals surface area contributed by atoms with Gasteiger partial charge in [-0.2, -0.15) is 11.8 Å². The number of sulfone groups is 1. The van der Waals surface area contributed by atoms with Gasteiger partial charge in [0.1, 0.15) is 0 Å². The van der Waals surface area contributed by atoms with Crippen LogP contribution in [-0.4, -0.2) is 31.7 Å². The molecule has 3 nitrogen and oxygen atoms in total. The van der Waals surface area contributed by atoms with Gasteiger partial charge >= 0.3 is 0 Å². The van der Waals surface area contributed by atoms with Crippen LogP contribution in [0, 0.1) is 0 Å². The minimum absolute atomic E-state index is 0.256. The fourth-order valence-corrected chi connectivity index (χ4v) is 5.01. The molecule has 6 heteroatoms. The third kappa shape index (κ3) is 3.91. The Morgan fingerprint density at radius 1 is 1.45 bits per heavy atom. The SMILES string of the molecule is CC1(CNCc2c(Cl)cccc2S(C)(=O)=O)CCCS1. The molecule has 0 bridgehead atoms. The van der Waals surface area contributed by atoms with Crippen molar-refractivity contribution in [3.05, 3.63) is 28.8 Å². The minimum Gasteiger partial charge on any atom is -0.311 e. The van der Waals surface area contributed by atoms with Gasteiger partial charge in [-0.25, -0.2) is 8.42 Å². The maximum atomic E-state index is 11.8. The van der Waals surface area contributed by atoms with Gasteiger partial charge in [0, 0.05) is 34.7 Å². The average molecular weight is 334 g/mol. The van der Waals surface area contributed by atoms with E-state index in [1.54, 1.807) is 18.2 Å². The highest BCUT2D eigenvalue weighted by Crippen LogP contribution is 2.37. The van der Waals surface area contributed by atoms with Crippen molar-refractivity contribution < 1.29 is 8.42 Å². The monoisotopic (exact) mass is 333 g/mol. The fourth-order valence-electron chi connectivity index (χ4n) is 2.49. The van der Waals surface area contributed by atoms with E-state index < -0.39 is 9.84 Å². The standard InChI is InChI=1S/C14H20ClNO2S2/c1-14(7-4-8-19-14)10-16-9-11-12(15)5-3-6-13(11)20(2,17)18/h3,5-6,16H,4,7-10H2,1-2H3. The summed E-state index contributed by atoms with van der Waals surface area (Å²) in [4.78, 5) is 0.321. The summed E-state index contributed by atoms with van der Waals surface area (Å²) in [6.45, 7) is 3.60. The lowest BCUT2D eigenvalue weighted by Gasteiger charge is -2.23. The average Bonchev–Trinajstić information content (AvgIpc) is 2.77. The van der Waals surface area contributed by atoms with Crippen LogP contribution < -0.4 is 5.32 Å². The normalized spacial score (nSPS) is 23.1. The quantitative estimate of drug-likeness (QED) is 0.899. The molecule has 0 amide bonds. The molecule has 0 spiro atoms. The summed E-state index contributed by atoms with van der Waals surface area (Å²) in [5.41, 5.74) is 0.670. The molecule has 2 rings (SSSR count). The molecule has 1 aromatic rings. The third-order valence-electron chi connectivity index (χ3n) is 3.58. The molecule has 1 atom stereocenters. The van der Waals surface area contributed by atoms with Crippen molar-refractivity contribution in [3.8, 4) is 0 Å². The van der Waals surface area contributed by atoms with Crippen molar-refractivity contribution in [2.75, 3.05) is 18.6 Å². The predicted octanol–water partition coefficient (Wildman–Crippen LogP) is 3.12. The maximum absolute atomic E-state index is 11.8. The zero-order valence-electron chi connectivity index (χ0n) is 11.8. The molecule has 0 aliphatic carbocycles. The highest BCUT2D eigenvalue weighted by Gasteiger charge is 2.29. The van der Waals surface area contributed by atoms with E-state index in [1.807, 2.05) is 11.8 Å². The van der Waals surface area contributed by atoms with Crippen LogP contribution in [0.5, 0.6) is 0 Å². The summed E-state index contributed by atoms with van der Waals surface area (Å²) >= 11 is 8.14. The number of hydrogen-bond donors (Lipinski definition) is 1. The van der Waals surface area contributed by atoms with Crippen LogP contribution in [0.25, 0.3) is 0 Å². The van der Waals surface area contributed by atoms with E-state index in [-0.39, 0.29) is 4.75 Å². The number of thioether (sulfide) groups is 1. The van der Waals surface area contributed by atoms with Crippen LogP contribution in [0.15, 0.2) is 23.1 Å². The summed E-state index contributed by atoms with van der Waals surface area (Å²) in [7, 11) is -3.25. The first kappa shape index (κ1) is 16.1. The van der Waals surface area contributed by atoms with Crippen LogP contribution in [-0.2, 0) is 16.4 Å². The number of rotatable bonds is 5. The first-order valence-corrected chi connectivity index (χ1v) is 9.89. The van der Waals surface area contributed by atoms with E-state index >= 15 is 0 Å². The minimum atomic E-state index is -3.25. The lowest BCUT2D eigenvalue weighted by molar-refractivity contribution is 0.534. The highest BCUT2D eigenvalue weighted by atomic mass is 35.5. The molecule has 1 heterocycles. The Morgan fingerprint density at radius 2 is 2.20 bits per heavy atom. The molecule has 1 aliphatic rings. The summed E-state index contributed by atoms with van der Waals surface area (Å²) in [5.74, 6) is 1.21. The van der Waals surface area contributed by atoms with Crippen molar-refractivity contribution >= 4 is 33.2 Å². The Kier molecular flexibility index (Phi) is 5.05. The van der Waals surface area contributed by atoms with E-state index in [0.717, 1.165) is 6.54 Å². The zero-order valence-corrected chi connectivity index (χ0v) is 14.2. The highest BCUT2D eigenvalue weighted by molar-refractivity contribution is 8.00. The van der Waals surface area contributed by atoms with Crippen molar-refractivity contribution in [3.63, 3.8) is 0 Å². The van der Waals surface area contributed by atoms with Crippen LogP contribution >= 0.6 is 23.4 Å². The van der Waals surface area contributed by atoms with Crippen LogP contribution in [0.1, 0.15) is 25.3 Å². The van der Waals surface area contributed by atoms with Crippen molar-refractivity contribution in [2.45, 2.75) is 36.0 Å². The molecule has 0 radical (unpaired) electrons. The van der Waals surface area contributed by atoms with Crippen LogP contribution in [0.4, 0.5) is 0 Å². The van der Waals surface area contributed by atoms with Gasteiger partial charge < -0.3 is 5.32 Å². The first-order valence-electron chi connectivity index (χ1n) is 6.64. The van der Waals surface area contributed by atoms with Gasteiger partial charge in [0.05, 0.1) is 4.90 Å². The van der Waals surface area contributed by atoms with E-state index in [4.69, 9.17) is 11.6 Å². The molecule has 1 aromatic carbocycles. The molecule has 1 fully saturated rings. The second kappa shape index (κ2) is 6.26. The molecule has 0 aromatic heterocycles. The summed E-state index contributed by atoms with van der Waals surface area (Å²) in [6, 6.07) is 5.03. The van der Waals surface area contributed by atoms with Gasteiger partial charge in [0.2, 0.25) is 0 Å². The lowest BCUT2D eigenvalue weighted by atomic mass is 10.1. The first-order chi connectivity index (χ1) is 9.32. The van der Waals surface area contributed by atoms with E-state index in [0.29, 0.717) is 22.0 Å². The molecule has 20 heavy (non-hydrogen) atoms. The van der Waals surface area contributed by atoms with E-state index in [9.17, 15) is 8.42 Å². The second-order valence-electron chi connectivity index (χ2n) is 5.49. The Balaban J connectivity index is 2.09. The molecule has 112 valence electrons. The van der Waals surface area contributed by atoms with Crippen LogP contribution in [0.3, 0.4) is 0 Å². The van der Waals surface area contributed by atoms with Gasteiger partial charge in [-0.15, -0.1) is 0 Å². The molecule has 1 saturated heterocycles. The van der Waals surface area contributed by atoms with E-state index in [1.165, 1.54) is 24.9 Å². The smallest absolute Gasteiger partial charge is 0.175 e. The summed E-state index contributed by atoms with van der Waals surface area (Å²) in [6.07, 6.45) is 3.67. The predicted molar refractivity (Wildman–Crippen MR) is 86.4 cm³/mol. The number of nitrogens with one attached hydrogen (secondary N) is 1. The Bertz CT molecular complexity index is 581. The molecular formula is C14H20ClNO2S2. The van der Waals surface area contributed by atoms with Gasteiger partial charge in [0.25, 0.3) is 0 Å². The molecule has 1 aliphatic heterocycles. The summed E-state index contributed by atoms with van der Waals surface area (Å²) in [5, 5.41) is 3.87. The van der Waals surface area contributed by atoms with Crippen LogP contribution in [0.2, 0.25) is 5.02 Å². The molecule has 0 saturated carbocycles.